The second-order valence-corrected chi connectivity index (χ2v) is 8.04. The molecule has 0 amide bonds. The summed E-state index contributed by atoms with van der Waals surface area (Å²) in [4.78, 5) is 7.06. The van der Waals surface area contributed by atoms with Gasteiger partial charge in [-0.2, -0.15) is 0 Å². The van der Waals surface area contributed by atoms with Crippen molar-refractivity contribution in [3.8, 4) is 0 Å². The van der Waals surface area contributed by atoms with Crippen molar-refractivity contribution in [3.63, 3.8) is 0 Å². The number of guanidine groups is 1. The highest BCUT2D eigenvalue weighted by molar-refractivity contribution is 5.79. The van der Waals surface area contributed by atoms with Crippen LogP contribution < -0.4 is 10.6 Å². The maximum absolute atomic E-state index is 5.64. The predicted molar refractivity (Wildman–Crippen MR) is 112 cm³/mol. The quantitative estimate of drug-likeness (QED) is 0.524. The van der Waals surface area contributed by atoms with Gasteiger partial charge in [-0.05, 0) is 51.6 Å². The zero-order valence-corrected chi connectivity index (χ0v) is 17.8. The largest absolute Gasteiger partial charge is 0.381 e. The summed E-state index contributed by atoms with van der Waals surface area (Å²) in [5.41, 5.74) is 1.24. The van der Waals surface area contributed by atoms with Crippen LogP contribution in [0.4, 0.5) is 0 Å². The maximum atomic E-state index is 5.64. The number of ether oxygens (including phenoxy) is 1. The van der Waals surface area contributed by atoms with Gasteiger partial charge in [0.05, 0.1) is 12.2 Å². The van der Waals surface area contributed by atoms with Crippen LogP contribution >= 0.6 is 0 Å². The summed E-state index contributed by atoms with van der Waals surface area (Å²) in [6.45, 7) is 9.97. The molecule has 0 spiro atoms. The highest BCUT2D eigenvalue weighted by Crippen LogP contribution is 2.30. The lowest BCUT2D eigenvalue weighted by Crippen LogP contribution is -2.58. The lowest BCUT2D eigenvalue weighted by atomic mass is 9.88. The van der Waals surface area contributed by atoms with Crippen LogP contribution in [0.2, 0.25) is 0 Å². The first-order valence-electron chi connectivity index (χ1n) is 10.9. The first-order chi connectivity index (χ1) is 13.7. The molecule has 2 aliphatic heterocycles. The van der Waals surface area contributed by atoms with Crippen LogP contribution in [0.25, 0.3) is 0 Å². The Balaban J connectivity index is 1.54. The van der Waals surface area contributed by atoms with Gasteiger partial charge in [-0.3, -0.25) is 9.89 Å². The average molecular weight is 392 g/mol. The van der Waals surface area contributed by atoms with E-state index in [-0.39, 0.29) is 5.54 Å². The first-order valence-corrected chi connectivity index (χ1v) is 10.9. The Morgan fingerprint density at radius 3 is 2.57 bits per heavy atom. The normalized spacial score (nSPS) is 20.6. The predicted octanol–water partition coefficient (Wildman–Crippen LogP) is 2.89. The summed E-state index contributed by atoms with van der Waals surface area (Å²) in [6, 6.07) is 2.07. The Labute approximate surface area is 169 Å². The number of hydrogen-bond donors (Lipinski definition) is 2. The van der Waals surface area contributed by atoms with Crippen LogP contribution in [0, 0.1) is 0 Å². The van der Waals surface area contributed by atoms with Crippen molar-refractivity contribution in [2.75, 3.05) is 39.9 Å². The maximum Gasteiger partial charge on any atom is 0.191 e. The first kappa shape index (κ1) is 21.1. The fourth-order valence-corrected chi connectivity index (χ4v) is 4.50. The van der Waals surface area contributed by atoms with Crippen LogP contribution in [0.15, 0.2) is 15.6 Å². The molecule has 158 valence electrons. The van der Waals surface area contributed by atoms with Gasteiger partial charge >= 0.3 is 0 Å². The van der Waals surface area contributed by atoms with Gasteiger partial charge in [-0.25, -0.2) is 0 Å². The van der Waals surface area contributed by atoms with Crippen LogP contribution in [0.5, 0.6) is 0 Å². The van der Waals surface area contributed by atoms with Gasteiger partial charge in [-0.1, -0.05) is 19.0 Å². The third kappa shape index (κ3) is 5.06. The molecule has 1 aromatic heterocycles. The second kappa shape index (κ2) is 10.3. The monoisotopic (exact) mass is 391 g/mol. The molecule has 7 heteroatoms. The van der Waals surface area contributed by atoms with Crippen molar-refractivity contribution in [1.29, 1.82) is 0 Å². The Hall–Kier alpha value is -1.60. The zero-order chi connectivity index (χ0) is 19.8. The summed E-state index contributed by atoms with van der Waals surface area (Å²) in [5, 5.41) is 11.2. The molecule has 0 radical (unpaired) electrons. The minimum atomic E-state index is 0.182. The molecule has 3 rings (SSSR count). The molecule has 2 saturated heterocycles. The zero-order valence-electron chi connectivity index (χ0n) is 17.8. The van der Waals surface area contributed by atoms with Crippen LogP contribution in [0.1, 0.15) is 69.7 Å². The van der Waals surface area contributed by atoms with E-state index in [4.69, 9.17) is 9.26 Å². The highest BCUT2D eigenvalue weighted by atomic mass is 16.5. The molecule has 0 unspecified atom stereocenters. The molecule has 0 atom stereocenters. The lowest BCUT2D eigenvalue weighted by Gasteiger charge is -2.45. The van der Waals surface area contributed by atoms with Crippen LogP contribution in [-0.4, -0.2) is 61.5 Å². The third-order valence-electron chi connectivity index (χ3n) is 6.42. The van der Waals surface area contributed by atoms with E-state index in [9.17, 15) is 0 Å². The van der Waals surface area contributed by atoms with E-state index >= 15 is 0 Å². The molecular formula is C21H37N5O2. The Morgan fingerprint density at radius 1 is 1.21 bits per heavy atom. The lowest BCUT2D eigenvalue weighted by molar-refractivity contribution is -0.0164. The number of rotatable bonds is 8. The van der Waals surface area contributed by atoms with Crippen molar-refractivity contribution in [2.45, 2.75) is 70.4 Å². The average Bonchev–Trinajstić information content (AvgIpc) is 3.43. The standard InChI is InChI=1S/C21H37N5O2/c1-4-17(5-2)19-14-18(28-25-19)15-23-20(22-3)24-16-21(8-12-27-13-9-21)26-10-6-7-11-26/h14,17H,4-13,15-16H2,1-3H3,(H2,22,23,24). The number of aromatic nitrogens is 1. The van der Waals surface area contributed by atoms with Gasteiger partial charge in [0, 0.05) is 44.3 Å². The van der Waals surface area contributed by atoms with Gasteiger partial charge in [0.15, 0.2) is 11.7 Å². The summed E-state index contributed by atoms with van der Waals surface area (Å²) in [6.07, 6.45) is 6.94. The van der Waals surface area contributed by atoms with E-state index in [0.717, 1.165) is 62.9 Å². The summed E-state index contributed by atoms with van der Waals surface area (Å²) < 4.78 is 11.2. The van der Waals surface area contributed by atoms with E-state index in [1.54, 1.807) is 0 Å². The van der Waals surface area contributed by atoms with E-state index in [1.807, 2.05) is 7.05 Å². The summed E-state index contributed by atoms with van der Waals surface area (Å²) >= 11 is 0. The van der Waals surface area contributed by atoms with Gasteiger partial charge in [0.2, 0.25) is 0 Å². The fourth-order valence-electron chi connectivity index (χ4n) is 4.50. The van der Waals surface area contributed by atoms with E-state index in [2.05, 4.69) is 45.6 Å². The SMILES string of the molecule is CCC(CC)c1cc(CNC(=NC)NCC2(N3CCCC3)CCOCC2)on1. The summed E-state index contributed by atoms with van der Waals surface area (Å²) in [5.74, 6) is 2.14. The van der Waals surface area contributed by atoms with Gasteiger partial charge < -0.3 is 19.9 Å². The van der Waals surface area contributed by atoms with Crippen LogP contribution in [-0.2, 0) is 11.3 Å². The number of hydrogen-bond acceptors (Lipinski definition) is 5. The smallest absolute Gasteiger partial charge is 0.191 e. The van der Waals surface area contributed by atoms with Gasteiger partial charge in [-0.15, -0.1) is 0 Å². The Kier molecular flexibility index (Phi) is 7.73. The minimum absolute atomic E-state index is 0.182. The fraction of sp³-hybridized carbons (Fsp3) is 0.810. The van der Waals surface area contributed by atoms with E-state index in [1.165, 1.54) is 25.9 Å². The van der Waals surface area contributed by atoms with Crippen molar-refractivity contribution in [3.05, 3.63) is 17.5 Å². The topological polar surface area (TPSA) is 74.9 Å². The van der Waals surface area contributed by atoms with Crippen LogP contribution in [0.3, 0.4) is 0 Å². The molecule has 2 aliphatic rings. The molecular weight excluding hydrogens is 354 g/mol. The van der Waals surface area contributed by atoms with E-state index < -0.39 is 0 Å². The van der Waals surface area contributed by atoms with Crippen molar-refractivity contribution < 1.29 is 9.26 Å². The van der Waals surface area contributed by atoms with Gasteiger partial charge in [0.25, 0.3) is 0 Å². The number of nitrogens with zero attached hydrogens (tertiary/aromatic N) is 3. The molecule has 2 N–H and O–H groups in total. The molecule has 0 aromatic carbocycles. The molecule has 0 aliphatic carbocycles. The molecule has 0 saturated carbocycles. The minimum Gasteiger partial charge on any atom is -0.381 e. The Bertz CT molecular complexity index is 614. The summed E-state index contributed by atoms with van der Waals surface area (Å²) in [7, 11) is 1.82. The molecule has 1 aromatic rings. The molecule has 7 nitrogen and oxygen atoms in total. The molecule has 2 fully saturated rings. The highest BCUT2D eigenvalue weighted by Gasteiger charge is 2.39. The Morgan fingerprint density at radius 2 is 1.93 bits per heavy atom. The van der Waals surface area contributed by atoms with E-state index in [0.29, 0.717) is 12.5 Å². The number of likely N-dealkylation sites (tertiary alicyclic amines) is 1. The van der Waals surface area contributed by atoms with Crippen molar-refractivity contribution in [2.24, 2.45) is 4.99 Å². The number of aliphatic imine (C=N–C) groups is 1. The second-order valence-electron chi connectivity index (χ2n) is 8.04. The molecule has 0 bridgehead atoms. The van der Waals surface area contributed by atoms with Crippen molar-refractivity contribution in [1.82, 2.24) is 20.7 Å². The van der Waals surface area contributed by atoms with Gasteiger partial charge in [0.1, 0.15) is 0 Å². The third-order valence-corrected chi connectivity index (χ3v) is 6.42. The number of nitrogens with one attached hydrogen (secondary N) is 2. The molecule has 3 heterocycles. The molecule has 28 heavy (non-hydrogen) atoms. The van der Waals surface area contributed by atoms with Crippen molar-refractivity contribution >= 4 is 5.96 Å².